The van der Waals surface area contributed by atoms with Gasteiger partial charge in [0.1, 0.15) is 0 Å². The van der Waals surface area contributed by atoms with Gasteiger partial charge in [-0.1, -0.05) is 31.1 Å². The van der Waals surface area contributed by atoms with E-state index in [0.717, 1.165) is 30.1 Å². The quantitative estimate of drug-likeness (QED) is 0.761. The first kappa shape index (κ1) is 18.4. The number of fused-ring (bicyclic) bond motifs is 5. The number of ketones is 1. The Balaban J connectivity index is 1.54. The van der Waals surface area contributed by atoms with Gasteiger partial charge < -0.3 is 0 Å². The molecule has 0 amide bonds. The SMILES string of the molecule is C[C@@]12CCC[C@H]1[C@@H]1CC=C3CC(=O)C(CCNS(C)(=O)=O)=C[C@@H]3[C@H]1CC2. The molecule has 0 bridgehead atoms. The van der Waals surface area contributed by atoms with Crippen molar-refractivity contribution in [2.24, 2.45) is 29.1 Å². The number of Topliss-reactive ketones (excluding diaryl/α,β-unsaturated/α-hetero) is 1. The average Bonchev–Trinajstić information content (AvgIpc) is 2.96. The van der Waals surface area contributed by atoms with E-state index in [1.165, 1.54) is 37.7 Å². The Labute approximate surface area is 157 Å². The standard InChI is InChI=1S/C21H31NO3S/c1-21-9-3-4-19(21)17-6-5-14-13-20(23)15(8-11-22-26(2,24)25)12-18(14)16(17)7-10-21/h5,12,16-19,22H,3-4,6-11,13H2,1-2H3/t16-,17+,18-,19-,21-/m0/s1. The second kappa shape index (κ2) is 6.59. The minimum absolute atomic E-state index is 0.183. The normalized spacial score (nSPS) is 39.5. The third-order valence-electron chi connectivity index (χ3n) is 7.68. The van der Waals surface area contributed by atoms with Gasteiger partial charge in [-0.15, -0.1) is 0 Å². The van der Waals surface area contributed by atoms with E-state index in [1.807, 2.05) is 0 Å². The van der Waals surface area contributed by atoms with E-state index in [0.29, 0.717) is 36.6 Å². The fourth-order valence-electron chi connectivity index (χ4n) is 6.42. The number of rotatable bonds is 4. The summed E-state index contributed by atoms with van der Waals surface area (Å²) in [6.45, 7) is 2.82. The van der Waals surface area contributed by atoms with E-state index in [4.69, 9.17) is 0 Å². The molecule has 26 heavy (non-hydrogen) atoms. The number of hydrogen-bond acceptors (Lipinski definition) is 3. The van der Waals surface area contributed by atoms with E-state index in [9.17, 15) is 13.2 Å². The number of sulfonamides is 1. The zero-order valence-electron chi connectivity index (χ0n) is 16.0. The second-order valence-corrected chi connectivity index (χ2v) is 11.1. The lowest BCUT2D eigenvalue weighted by molar-refractivity contribution is -0.115. The van der Waals surface area contributed by atoms with Gasteiger partial charge in [0.25, 0.3) is 0 Å². The summed E-state index contributed by atoms with van der Waals surface area (Å²) in [6.07, 6.45) is 14.7. The van der Waals surface area contributed by atoms with E-state index in [1.54, 1.807) is 0 Å². The molecule has 5 atom stereocenters. The summed E-state index contributed by atoms with van der Waals surface area (Å²) in [5.41, 5.74) is 2.71. The maximum atomic E-state index is 12.5. The smallest absolute Gasteiger partial charge is 0.208 e. The van der Waals surface area contributed by atoms with Crippen LogP contribution in [0.2, 0.25) is 0 Å². The molecule has 0 aromatic carbocycles. The number of carbonyl (C=O) groups excluding carboxylic acids is 1. The molecule has 4 aliphatic rings. The lowest BCUT2D eigenvalue weighted by Crippen LogP contribution is -2.43. The lowest BCUT2D eigenvalue weighted by atomic mass is 9.53. The molecule has 0 aromatic heterocycles. The van der Waals surface area contributed by atoms with Crippen molar-refractivity contribution in [2.45, 2.75) is 58.3 Å². The third kappa shape index (κ3) is 3.33. The van der Waals surface area contributed by atoms with Crippen LogP contribution in [-0.4, -0.2) is 27.0 Å². The highest BCUT2D eigenvalue weighted by Gasteiger charge is 2.51. The molecule has 0 saturated heterocycles. The van der Waals surface area contributed by atoms with Crippen molar-refractivity contribution in [3.05, 3.63) is 23.3 Å². The van der Waals surface area contributed by atoms with Crippen LogP contribution in [0, 0.1) is 29.1 Å². The Morgan fingerprint density at radius 1 is 1.23 bits per heavy atom. The molecule has 5 heteroatoms. The van der Waals surface area contributed by atoms with Crippen LogP contribution in [0.15, 0.2) is 23.3 Å². The van der Waals surface area contributed by atoms with Crippen molar-refractivity contribution in [1.29, 1.82) is 0 Å². The Kier molecular flexibility index (Phi) is 4.67. The van der Waals surface area contributed by atoms with Crippen LogP contribution in [-0.2, 0) is 14.8 Å². The monoisotopic (exact) mass is 377 g/mol. The molecule has 0 spiro atoms. The number of hydrogen-bond donors (Lipinski definition) is 1. The van der Waals surface area contributed by atoms with Crippen LogP contribution >= 0.6 is 0 Å². The topological polar surface area (TPSA) is 63.2 Å². The van der Waals surface area contributed by atoms with Crippen LogP contribution in [0.4, 0.5) is 0 Å². The maximum Gasteiger partial charge on any atom is 0.208 e. The van der Waals surface area contributed by atoms with Crippen molar-refractivity contribution in [3.8, 4) is 0 Å². The summed E-state index contributed by atoms with van der Waals surface area (Å²) in [7, 11) is -3.20. The van der Waals surface area contributed by atoms with Crippen LogP contribution in [0.25, 0.3) is 0 Å². The highest BCUT2D eigenvalue weighted by Crippen LogP contribution is 2.60. The summed E-state index contributed by atoms with van der Waals surface area (Å²) in [5.74, 6) is 2.88. The minimum atomic E-state index is -3.20. The molecule has 0 heterocycles. The van der Waals surface area contributed by atoms with Crippen molar-refractivity contribution < 1.29 is 13.2 Å². The van der Waals surface area contributed by atoms with Gasteiger partial charge >= 0.3 is 0 Å². The van der Waals surface area contributed by atoms with Crippen molar-refractivity contribution >= 4 is 15.8 Å². The highest BCUT2D eigenvalue weighted by atomic mass is 32.2. The zero-order valence-corrected chi connectivity index (χ0v) is 16.8. The number of nitrogens with one attached hydrogen (secondary N) is 1. The van der Waals surface area contributed by atoms with Crippen LogP contribution in [0.3, 0.4) is 0 Å². The largest absolute Gasteiger partial charge is 0.294 e. The minimum Gasteiger partial charge on any atom is -0.294 e. The number of allylic oxidation sites excluding steroid dienone is 3. The first-order chi connectivity index (χ1) is 12.3. The molecule has 2 fully saturated rings. The molecule has 0 aliphatic heterocycles. The van der Waals surface area contributed by atoms with Crippen LogP contribution < -0.4 is 4.72 Å². The summed E-state index contributed by atoms with van der Waals surface area (Å²) in [6, 6.07) is 0. The molecule has 4 aliphatic carbocycles. The predicted molar refractivity (Wildman–Crippen MR) is 103 cm³/mol. The molecule has 0 radical (unpaired) electrons. The Hall–Kier alpha value is -0.940. The Morgan fingerprint density at radius 3 is 2.81 bits per heavy atom. The molecule has 1 N–H and O–H groups in total. The van der Waals surface area contributed by atoms with Crippen molar-refractivity contribution in [2.75, 3.05) is 12.8 Å². The molecule has 4 rings (SSSR count). The van der Waals surface area contributed by atoms with Gasteiger partial charge in [0.05, 0.1) is 6.26 Å². The first-order valence-corrected chi connectivity index (χ1v) is 12.0. The summed E-state index contributed by atoms with van der Waals surface area (Å²) >= 11 is 0. The number of carbonyl (C=O) groups is 1. The maximum absolute atomic E-state index is 12.5. The van der Waals surface area contributed by atoms with Crippen molar-refractivity contribution in [1.82, 2.24) is 4.72 Å². The molecule has 0 aromatic rings. The van der Waals surface area contributed by atoms with E-state index < -0.39 is 10.0 Å². The summed E-state index contributed by atoms with van der Waals surface area (Å²) in [5, 5.41) is 0. The third-order valence-corrected chi connectivity index (χ3v) is 8.41. The predicted octanol–water partition coefficient (Wildman–Crippen LogP) is 3.60. The highest BCUT2D eigenvalue weighted by molar-refractivity contribution is 7.88. The van der Waals surface area contributed by atoms with Gasteiger partial charge in [-0.3, -0.25) is 4.79 Å². The van der Waals surface area contributed by atoms with Gasteiger partial charge in [0.2, 0.25) is 10.0 Å². The average molecular weight is 378 g/mol. The van der Waals surface area contributed by atoms with Gasteiger partial charge in [-0.2, -0.15) is 0 Å². The molecule has 2 saturated carbocycles. The van der Waals surface area contributed by atoms with Gasteiger partial charge in [-0.05, 0) is 67.3 Å². The summed E-state index contributed by atoms with van der Waals surface area (Å²) < 4.78 is 25.1. The first-order valence-electron chi connectivity index (χ1n) is 10.1. The Morgan fingerprint density at radius 2 is 2.04 bits per heavy atom. The molecular weight excluding hydrogens is 346 g/mol. The molecular formula is C21H31NO3S. The lowest BCUT2D eigenvalue weighted by Gasteiger charge is -2.51. The summed E-state index contributed by atoms with van der Waals surface area (Å²) in [4.78, 5) is 12.5. The van der Waals surface area contributed by atoms with E-state index >= 15 is 0 Å². The fraction of sp³-hybridized carbons (Fsp3) is 0.762. The van der Waals surface area contributed by atoms with Gasteiger partial charge in [-0.25, -0.2) is 13.1 Å². The molecule has 0 unspecified atom stereocenters. The Bertz CT molecular complexity index is 766. The zero-order chi connectivity index (χ0) is 18.5. The fourth-order valence-corrected chi connectivity index (χ4v) is 6.89. The van der Waals surface area contributed by atoms with E-state index in [2.05, 4.69) is 23.8 Å². The van der Waals surface area contributed by atoms with E-state index in [-0.39, 0.29) is 5.78 Å². The van der Waals surface area contributed by atoms with Gasteiger partial charge in [0.15, 0.2) is 5.78 Å². The van der Waals surface area contributed by atoms with Gasteiger partial charge in [0, 0.05) is 18.9 Å². The van der Waals surface area contributed by atoms with Crippen molar-refractivity contribution in [3.63, 3.8) is 0 Å². The van der Waals surface area contributed by atoms with Crippen LogP contribution in [0.1, 0.15) is 58.3 Å². The second-order valence-electron chi connectivity index (χ2n) is 9.27. The van der Waals surface area contributed by atoms with Crippen LogP contribution in [0.5, 0.6) is 0 Å². The molecule has 144 valence electrons. The molecule has 4 nitrogen and oxygen atoms in total.